The average Bonchev–Trinajstić information content (AvgIpc) is 3.37. The molecule has 0 aliphatic carbocycles. The Kier molecular flexibility index (Phi) is 10.4. The van der Waals surface area contributed by atoms with Gasteiger partial charge in [0.2, 0.25) is 5.91 Å². The first-order chi connectivity index (χ1) is 19.2. The smallest absolute Gasteiger partial charge is 0.265 e. The van der Waals surface area contributed by atoms with E-state index in [2.05, 4.69) is 69.3 Å². The van der Waals surface area contributed by atoms with Crippen LogP contribution in [0.5, 0.6) is 17.2 Å². The lowest BCUT2D eigenvalue weighted by atomic mass is 9.76. The number of aromatic hydroxyl groups is 2. The van der Waals surface area contributed by atoms with Crippen LogP contribution in [0.2, 0.25) is 0 Å². The van der Waals surface area contributed by atoms with Gasteiger partial charge in [0.05, 0.1) is 22.7 Å². The van der Waals surface area contributed by atoms with Crippen molar-refractivity contribution in [2.24, 2.45) is 0 Å². The number of carbonyl (C=O) groups is 2. The van der Waals surface area contributed by atoms with Gasteiger partial charge in [-0.1, -0.05) is 65.4 Å². The van der Waals surface area contributed by atoms with E-state index in [-0.39, 0.29) is 40.3 Å². The van der Waals surface area contributed by atoms with E-state index in [4.69, 9.17) is 4.74 Å². The van der Waals surface area contributed by atoms with Crippen molar-refractivity contribution in [2.75, 3.05) is 12.4 Å². The lowest BCUT2D eigenvalue weighted by Crippen LogP contribution is -2.31. The van der Waals surface area contributed by atoms with Gasteiger partial charge in [0.1, 0.15) is 17.2 Å². The van der Waals surface area contributed by atoms with Crippen LogP contribution in [-0.2, 0) is 26.8 Å². The second-order valence-electron chi connectivity index (χ2n) is 11.3. The van der Waals surface area contributed by atoms with Crippen LogP contribution in [0.15, 0.2) is 44.9 Å². The van der Waals surface area contributed by atoms with Crippen LogP contribution >= 0.6 is 23.1 Å². The lowest BCUT2D eigenvalue weighted by molar-refractivity contribution is -0.122. The minimum Gasteiger partial charge on any atom is -0.507 e. The van der Waals surface area contributed by atoms with Gasteiger partial charge in [0, 0.05) is 24.1 Å². The molecular weight excluding hydrogens is 558 g/mol. The van der Waals surface area contributed by atoms with Gasteiger partial charge in [-0.2, -0.15) is 0 Å². The standard InChI is InChI=1S/C31H41N3O5S2/c1-9-30(4,5)19-11-12-25(21(13-19)31(6,7)10-2)39-18(3)28(38)34-22-15-24(36)26(16-23(22)35)41-29-33-20(17-40-29)14-27(37)32-8/h11-13,15-18,35-36H,9-10,14H2,1-8H3,(H,32,37)(H,34,38). The Morgan fingerprint density at radius 1 is 1.05 bits per heavy atom. The Morgan fingerprint density at radius 2 is 1.73 bits per heavy atom. The summed E-state index contributed by atoms with van der Waals surface area (Å²) >= 11 is 2.49. The first-order valence-corrected chi connectivity index (χ1v) is 15.4. The summed E-state index contributed by atoms with van der Waals surface area (Å²) in [5.74, 6) is -0.286. The Labute approximate surface area is 250 Å². The minimum atomic E-state index is -0.865. The fourth-order valence-electron chi connectivity index (χ4n) is 3.96. The Balaban J connectivity index is 1.76. The van der Waals surface area contributed by atoms with Crippen molar-refractivity contribution in [2.45, 2.75) is 93.9 Å². The number of aromatic nitrogens is 1. The topological polar surface area (TPSA) is 121 Å². The first-order valence-electron chi connectivity index (χ1n) is 13.7. The number of thiazole rings is 1. The van der Waals surface area contributed by atoms with Gasteiger partial charge in [-0.05, 0) is 48.3 Å². The number of benzene rings is 2. The number of likely N-dealkylation sites (N-methyl/N-ethyl adjacent to an activating group) is 1. The number of phenols is 2. The van der Waals surface area contributed by atoms with Crippen molar-refractivity contribution in [3.8, 4) is 17.2 Å². The van der Waals surface area contributed by atoms with Crippen molar-refractivity contribution >= 4 is 40.6 Å². The summed E-state index contributed by atoms with van der Waals surface area (Å²) in [6.45, 7) is 14.7. The fourth-order valence-corrected chi connectivity index (χ4v) is 5.79. The summed E-state index contributed by atoms with van der Waals surface area (Å²) in [4.78, 5) is 29.4. The van der Waals surface area contributed by atoms with Gasteiger partial charge in [-0.3, -0.25) is 9.59 Å². The van der Waals surface area contributed by atoms with Crippen molar-refractivity contribution in [3.05, 3.63) is 52.5 Å². The van der Waals surface area contributed by atoms with Crippen LogP contribution in [0.25, 0.3) is 0 Å². The zero-order valence-corrected chi connectivity index (χ0v) is 26.7. The molecule has 1 atom stereocenters. The number of hydrogen-bond acceptors (Lipinski definition) is 8. The van der Waals surface area contributed by atoms with Crippen LogP contribution in [0.1, 0.15) is 78.1 Å². The molecule has 222 valence electrons. The number of anilines is 1. The van der Waals surface area contributed by atoms with E-state index in [9.17, 15) is 19.8 Å². The normalized spacial score (nSPS) is 12.6. The van der Waals surface area contributed by atoms with Crippen molar-refractivity contribution in [1.29, 1.82) is 0 Å². The molecule has 0 fully saturated rings. The summed E-state index contributed by atoms with van der Waals surface area (Å²) in [5, 5.41) is 28.3. The molecule has 4 N–H and O–H groups in total. The van der Waals surface area contributed by atoms with E-state index in [1.165, 1.54) is 29.0 Å². The fraction of sp³-hybridized carbons (Fsp3) is 0.452. The van der Waals surface area contributed by atoms with Crippen molar-refractivity contribution < 1.29 is 24.5 Å². The highest BCUT2D eigenvalue weighted by Crippen LogP contribution is 2.42. The van der Waals surface area contributed by atoms with Gasteiger partial charge < -0.3 is 25.6 Å². The zero-order valence-electron chi connectivity index (χ0n) is 25.0. The Hall–Kier alpha value is -3.24. The highest BCUT2D eigenvalue weighted by atomic mass is 32.2. The van der Waals surface area contributed by atoms with Gasteiger partial charge >= 0.3 is 0 Å². The Morgan fingerprint density at radius 3 is 2.37 bits per heavy atom. The maximum absolute atomic E-state index is 13.1. The van der Waals surface area contributed by atoms with Gasteiger partial charge in [0.15, 0.2) is 10.4 Å². The first kappa shape index (κ1) is 32.3. The molecule has 0 aliphatic rings. The van der Waals surface area contributed by atoms with Crippen LogP contribution in [-0.4, -0.2) is 40.2 Å². The number of ether oxygens (including phenoxy) is 1. The van der Waals surface area contributed by atoms with Crippen LogP contribution in [0, 0.1) is 0 Å². The molecule has 10 heteroatoms. The average molecular weight is 600 g/mol. The number of carbonyl (C=O) groups excluding carboxylic acids is 2. The van der Waals surface area contributed by atoms with E-state index in [0.717, 1.165) is 30.2 Å². The number of amides is 2. The number of hydrogen-bond donors (Lipinski definition) is 4. The number of rotatable bonds is 12. The van der Waals surface area contributed by atoms with E-state index in [1.807, 2.05) is 6.07 Å². The van der Waals surface area contributed by atoms with Crippen LogP contribution < -0.4 is 15.4 Å². The van der Waals surface area contributed by atoms with E-state index in [0.29, 0.717) is 20.7 Å². The zero-order chi connectivity index (χ0) is 30.5. The monoisotopic (exact) mass is 599 g/mol. The predicted octanol–water partition coefficient (Wildman–Crippen LogP) is 6.78. The number of phenolic OH excluding ortho intramolecular Hbond substituents is 2. The highest BCUT2D eigenvalue weighted by Gasteiger charge is 2.28. The molecule has 41 heavy (non-hydrogen) atoms. The molecule has 0 saturated carbocycles. The number of nitrogens with zero attached hydrogens (tertiary/aromatic N) is 1. The molecule has 0 aliphatic heterocycles. The molecule has 3 aromatic rings. The maximum atomic E-state index is 13.1. The molecule has 0 bridgehead atoms. The molecule has 0 radical (unpaired) electrons. The SMILES string of the molecule is CCC(C)(C)c1ccc(OC(C)C(=O)Nc2cc(O)c(Sc3nc(CC(=O)NC)cs3)cc2O)c(C(C)(C)CC)c1. The van der Waals surface area contributed by atoms with E-state index < -0.39 is 12.0 Å². The van der Waals surface area contributed by atoms with Crippen LogP contribution in [0.4, 0.5) is 5.69 Å². The number of nitrogens with one attached hydrogen (secondary N) is 2. The summed E-state index contributed by atoms with van der Waals surface area (Å²) in [5.41, 5.74) is 2.80. The third-order valence-electron chi connectivity index (χ3n) is 7.61. The van der Waals surface area contributed by atoms with Crippen molar-refractivity contribution in [1.82, 2.24) is 10.3 Å². The van der Waals surface area contributed by atoms with Crippen molar-refractivity contribution in [3.63, 3.8) is 0 Å². The quantitative estimate of drug-likeness (QED) is 0.134. The minimum absolute atomic E-state index is 0.0114. The molecule has 1 heterocycles. The third kappa shape index (κ3) is 7.95. The molecule has 1 aromatic heterocycles. The molecule has 0 saturated heterocycles. The lowest BCUT2D eigenvalue weighted by Gasteiger charge is -2.31. The molecular formula is C31H41N3O5S2. The van der Waals surface area contributed by atoms with Gasteiger partial charge in [0.25, 0.3) is 5.91 Å². The highest BCUT2D eigenvalue weighted by molar-refractivity contribution is 8.01. The molecule has 0 spiro atoms. The van der Waals surface area contributed by atoms with Gasteiger partial charge in [-0.25, -0.2) is 4.98 Å². The third-order valence-corrected chi connectivity index (χ3v) is 9.65. The molecule has 8 nitrogen and oxygen atoms in total. The molecule has 2 aromatic carbocycles. The Bertz CT molecular complexity index is 1400. The summed E-state index contributed by atoms with van der Waals surface area (Å²) in [6, 6.07) is 8.86. The predicted molar refractivity (Wildman–Crippen MR) is 166 cm³/mol. The molecule has 3 rings (SSSR count). The van der Waals surface area contributed by atoms with E-state index >= 15 is 0 Å². The second kappa shape index (κ2) is 13.2. The molecule has 1 unspecified atom stereocenters. The van der Waals surface area contributed by atoms with E-state index in [1.54, 1.807) is 19.4 Å². The van der Waals surface area contributed by atoms with Gasteiger partial charge in [-0.15, -0.1) is 11.3 Å². The summed E-state index contributed by atoms with van der Waals surface area (Å²) in [7, 11) is 1.56. The largest absolute Gasteiger partial charge is 0.507 e. The molecule has 2 amide bonds. The maximum Gasteiger partial charge on any atom is 0.265 e. The summed E-state index contributed by atoms with van der Waals surface area (Å²) < 4.78 is 6.79. The van der Waals surface area contributed by atoms with Crippen LogP contribution in [0.3, 0.4) is 0 Å². The summed E-state index contributed by atoms with van der Waals surface area (Å²) in [6.07, 6.45) is 1.19. The second-order valence-corrected chi connectivity index (χ2v) is 13.5.